The summed E-state index contributed by atoms with van der Waals surface area (Å²) in [7, 11) is 0. The molecule has 18 heavy (non-hydrogen) atoms. The first-order chi connectivity index (χ1) is 8.74. The SMILES string of the molecule is C[C@@H](NCc1nc2c(c(=O)[nH]1)COCC2)C1CC1. The van der Waals surface area contributed by atoms with Crippen molar-refractivity contribution in [2.24, 2.45) is 5.92 Å². The minimum atomic E-state index is -0.0458. The van der Waals surface area contributed by atoms with Crippen molar-refractivity contribution < 1.29 is 4.74 Å². The van der Waals surface area contributed by atoms with E-state index in [1.165, 1.54) is 12.8 Å². The van der Waals surface area contributed by atoms with Gasteiger partial charge in [-0.25, -0.2) is 4.98 Å². The summed E-state index contributed by atoms with van der Waals surface area (Å²) >= 11 is 0. The third kappa shape index (κ3) is 2.47. The number of nitrogens with one attached hydrogen (secondary N) is 2. The van der Waals surface area contributed by atoms with Gasteiger partial charge in [-0.2, -0.15) is 0 Å². The average molecular weight is 249 g/mol. The van der Waals surface area contributed by atoms with Crippen LogP contribution in [0.15, 0.2) is 4.79 Å². The molecule has 5 heteroatoms. The Morgan fingerprint density at radius 2 is 2.39 bits per heavy atom. The number of hydrogen-bond donors (Lipinski definition) is 2. The second-order valence-corrected chi connectivity index (χ2v) is 5.25. The van der Waals surface area contributed by atoms with Crippen LogP contribution >= 0.6 is 0 Å². The summed E-state index contributed by atoms with van der Waals surface area (Å²) in [5.41, 5.74) is 1.55. The van der Waals surface area contributed by atoms with E-state index in [1.807, 2.05) is 0 Å². The third-order valence-corrected chi connectivity index (χ3v) is 3.80. The number of nitrogens with zero attached hydrogens (tertiary/aromatic N) is 1. The molecule has 2 heterocycles. The van der Waals surface area contributed by atoms with Crippen molar-refractivity contribution in [2.45, 2.75) is 45.4 Å². The second kappa shape index (κ2) is 4.82. The van der Waals surface area contributed by atoms with Crippen LogP contribution in [0.2, 0.25) is 0 Å². The van der Waals surface area contributed by atoms with Crippen LogP contribution in [0.4, 0.5) is 0 Å². The van der Waals surface area contributed by atoms with Gasteiger partial charge in [0, 0.05) is 12.5 Å². The number of aromatic amines is 1. The predicted molar refractivity (Wildman–Crippen MR) is 67.2 cm³/mol. The Bertz CT molecular complexity index is 493. The molecule has 1 atom stereocenters. The molecule has 3 rings (SSSR count). The first-order valence-corrected chi connectivity index (χ1v) is 6.66. The van der Waals surface area contributed by atoms with Crippen LogP contribution in [-0.4, -0.2) is 22.6 Å². The van der Waals surface area contributed by atoms with E-state index in [-0.39, 0.29) is 5.56 Å². The Morgan fingerprint density at radius 3 is 3.17 bits per heavy atom. The third-order valence-electron chi connectivity index (χ3n) is 3.80. The van der Waals surface area contributed by atoms with Gasteiger partial charge in [0.05, 0.1) is 31.0 Å². The Kier molecular flexibility index (Phi) is 3.18. The Hall–Kier alpha value is -1.20. The molecule has 0 saturated heterocycles. The fraction of sp³-hybridized carbons (Fsp3) is 0.692. The molecular formula is C13H19N3O2. The van der Waals surface area contributed by atoms with Gasteiger partial charge in [-0.1, -0.05) is 0 Å². The Balaban J connectivity index is 1.72. The normalized spacial score (nSPS) is 20.5. The fourth-order valence-electron chi connectivity index (χ4n) is 2.40. The van der Waals surface area contributed by atoms with Crippen LogP contribution in [-0.2, 0) is 24.3 Å². The number of rotatable bonds is 4. The van der Waals surface area contributed by atoms with Gasteiger partial charge >= 0.3 is 0 Å². The molecule has 1 fully saturated rings. The first kappa shape index (κ1) is 11.9. The van der Waals surface area contributed by atoms with Gasteiger partial charge in [-0.3, -0.25) is 4.79 Å². The highest BCUT2D eigenvalue weighted by Crippen LogP contribution is 2.32. The van der Waals surface area contributed by atoms with Crippen molar-refractivity contribution in [3.05, 3.63) is 27.4 Å². The van der Waals surface area contributed by atoms with Crippen LogP contribution in [0, 0.1) is 5.92 Å². The molecule has 0 bridgehead atoms. The van der Waals surface area contributed by atoms with E-state index in [0.717, 1.165) is 23.9 Å². The molecule has 1 aliphatic carbocycles. The summed E-state index contributed by atoms with van der Waals surface area (Å²) in [4.78, 5) is 19.2. The summed E-state index contributed by atoms with van der Waals surface area (Å²) in [6.07, 6.45) is 3.38. The summed E-state index contributed by atoms with van der Waals surface area (Å²) in [5.74, 6) is 1.55. The zero-order chi connectivity index (χ0) is 12.5. The number of ether oxygens (including phenoxy) is 1. The maximum Gasteiger partial charge on any atom is 0.256 e. The number of fused-ring (bicyclic) bond motifs is 1. The Labute approximate surface area is 106 Å². The molecule has 2 aliphatic rings. The molecule has 2 N–H and O–H groups in total. The van der Waals surface area contributed by atoms with Crippen molar-refractivity contribution in [1.29, 1.82) is 0 Å². The largest absolute Gasteiger partial charge is 0.376 e. The van der Waals surface area contributed by atoms with E-state index in [4.69, 9.17) is 4.74 Å². The molecular weight excluding hydrogens is 230 g/mol. The minimum Gasteiger partial charge on any atom is -0.376 e. The Morgan fingerprint density at radius 1 is 1.56 bits per heavy atom. The summed E-state index contributed by atoms with van der Waals surface area (Å²) in [6.45, 7) is 3.89. The second-order valence-electron chi connectivity index (χ2n) is 5.25. The molecule has 5 nitrogen and oxygen atoms in total. The monoisotopic (exact) mass is 249 g/mol. The van der Waals surface area contributed by atoms with Gasteiger partial charge in [0.2, 0.25) is 0 Å². The van der Waals surface area contributed by atoms with Crippen molar-refractivity contribution >= 4 is 0 Å². The fourth-order valence-corrected chi connectivity index (χ4v) is 2.40. The standard InChI is InChI=1S/C13H19N3O2/c1-8(9-2-3-9)14-6-12-15-11-4-5-18-7-10(11)13(17)16-12/h8-9,14H,2-7H2,1H3,(H,15,16,17)/t8-/m1/s1. The lowest BCUT2D eigenvalue weighted by atomic mass is 10.1. The van der Waals surface area contributed by atoms with Crippen LogP contribution in [0.25, 0.3) is 0 Å². The van der Waals surface area contributed by atoms with Gasteiger partial charge in [-0.05, 0) is 25.7 Å². The molecule has 0 unspecified atom stereocenters. The quantitative estimate of drug-likeness (QED) is 0.825. The van der Waals surface area contributed by atoms with Gasteiger partial charge in [0.25, 0.3) is 5.56 Å². The van der Waals surface area contributed by atoms with Crippen LogP contribution in [0.5, 0.6) is 0 Å². The van der Waals surface area contributed by atoms with E-state index in [0.29, 0.717) is 31.4 Å². The van der Waals surface area contributed by atoms with Crippen LogP contribution in [0.1, 0.15) is 36.8 Å². The minimum absolute atomic E-state index is 0.0458. The molecule has 1 aromatic rings. The van der Waals surface area contributed by atoms with Crippen molar-refractivity contribution in [1.82, 2.24) is 15.3 Å². The maximum atomic E-state index is 11.9. The van der Waals surface area contributed by atoms with Crippen molar-refractivity contribution in [3.63, 3.8) is 0 Å². The van der Waals surface area contributed by atoms with E-state index in [9.17, 15) is 4.79 Å². The lowest BCUT2D eigenvalue weighted by molar-refractivity contribution is 0.107. The predicted octanol–water partition coefficient (Wildman–Crippen LogP) is 0.731. The zero-order valence-corrected chi connectivity index (χ0v) is 10.7. The topological polar surface area (TPSA) is 67.0 Å². The molecule has 1 aromatic heterocycles. The van der Waals surface area contributed by atoms with Crippen molar-refractivity contribution in [3.8, 4) is 0 Å². The van der Waals surface area contributed by atoms with E-state index in [2.05, 4.69) is 22.2 Å². The maximum absolute atomic E-state index is 11.9. The summed E-state index contributed by atoms with van der Waals surface area (Å²) in [5, 5.41) is 3.43. The highest BCUT2D eigenvalue weighted by Gasteiger charge is 2.27. The molecule has 98 valence electrons. The smallest absolute Gasteiger partial charge is 0.256 e. The molecule has 0 radical (unpaired) electrons. The highest BCUT2D eigenvalue weighted by atomic mass is 16.5. The molecule has 0 aromatic carbocycles. The summed E-state index contributed by atoms with van der Waals surface area (Å²) < 4.78 is 5.28. The van der Waals surface area contributed by atoms with Gasteiger partial charge in [0.15, 0.2) is 0 Å². The van der Waals surface area contributed by atoms with Gasteiger partial charge in [-0.15, -0.1) is 0 Å². The lowest BCUT2D eigenvalue weighted by Gasteiger charge is -2.16. The molecule has 0 spiro atoms. The van der Waals surface area contributed by atoms with E-state index < -0.39 is 0 Å². The van der Waals surface area contributed by atoms with Crippen LogP contribution < -0.4 is 10.9 Å². The highest BCUT2D eigenvalue weighted by molar-refractivity contribution is 5.19. The van der Waals surface area contributed by atoms with Crippen molar-refractivity contribution in [2.75, 3.05) is 6.61 Å². The van der Waals surface area contributed by atoms with Gasteiger partial charge < -0.3 is 15.0 Å². The first-order valence-electron chi connectivity index (χ1n) is 6.66. The number of hydrogen-bond acceptors (Lipinski definition) is 4. The van der Waals surface area contributed by atoms with Gasteiger partial charge in [0.1, 0.15) is 5.82 Å². The molecule has 0 amide bonds. The van der Waals surface area contributed by atoms with Crippen LogP contribution in [0.3, 0.4) is 0 Å². The summed E-state index contributed by atoms with van der Waals surface area (Å²) in [6, 6.07) is 0.509. The number of H-pyrrole nitrogens is 1. The molecule has 1 aliphatic heterocycles. The number of aromatic nitrogens is 2. The average Bonchev–Trinajstić information content (AvgIpc) is 3.20. The van der Waals surface area contributed by atoms with E-state index in [1.54, 1.807) is 0 Å². The lowest BCUT2D eigenvalue weighted by Crippen LogP contribution is -2.31. The zero-order valence-electron chi connectivity index (χ0n) is 10.7. The van der Waals surface area contributed by atoms with E-state index >= 15 is 0 Å². The molecule has 1 saturated carbocycles.